The molecule has 7 heteroatoms. The third-order valence-electron chi connectivity index (χ3n) is 5.21. The number of piperidine rings is 1. The van der Waals surface area contributed by atoms with Crippen LogP contribution in [0.3, 0.4) is 0 Å². The summed E-state index contributed by atoms with van der Waals surface area (Å²) < 4.78 is 32.5. The first-order valence-electron chi connectivity index (χ1n) is 9.74. The summed E-state index contributed by atoms with van der Waals surface area (Å²) in [6, 6.07) is 12.5. The van der Waals surface area contributed by atoms with Crippen molar-refractivity contribution in [3.05, 3.63) is 65.7 Å². The van der Waals surface area contributed by atoms with Crippen molar-refractivity contribution in [2.24, 2.45) is 5.16 Å². The Bertz CT molecular complexity index is 893. The minimum absolute atomic E-state index is 0.0906. The summed E-state index contributed by atoms with van der Waals surface area (Å²) in [5, 5.41) is 4.04. The molecule has 4 rings (SSSR count). The fraction of sp³-hybridized carbons (Fsp3) is 0.364. The Morgan fingerprint density at radius 3 is 2.55 bits per heavy atom. The molecule has 0 radical (unpaired) electrons. The molecule has 2 aliphatic rings. The fourth-order valence-corrected chi connectivity index (χ4v) is 3.62. The normalized spacial score (nSPS) is 19.6. The Morgan fingerprint density at radius 1 is 1.10 bits per heavy atom. The van der Waals surface area contributed by atoms with Crippen LogP contribution < -0.4 is 4.74 Å². The molecule has 2 aliphatic heterocycles. The Hall–Kier alpha value is -2.96. The maximum absolute atomic E-state index is 13.7. The SMILES string of the molecule is O=C([C@H]1CC(Cc2ccc(F)cc2)=NO1)N1CCC(Oc2ccccc2F)CC1. The van der Waals surface area contributed by atoms with Crippen LogP contribution in [0.2, 0.25) is 0 Å². The van der Waals surface area contributed by atoms with Gasteiger partial charge in [-0.1, -0.05) is 29.4 Å². The summed E-state index contributed by atoms with van der Waals surface area (Å²) in [5.74, 6) is -0.507. The molecule has 2 heterocycles. The molecule has 2 aromatic carbocycles. The number of para-hydroxylation sites is 1. The predicted octanol–water partition coefficient (Wildman–Crippen LogP) is 3.72. The van der Waals surface area contributed by atoms with Gasteiger partial charge in [0.25, 0.3) is 5.91 Å². The molecule has 0 N–H and O–H groups in total. The summed E-state index contributed by atoms with van der Waals surface area (Å²) in [6.07, 6.45) is 1.50. The molecule has 1 atom stereocenters. The first-order chi connectivity index (χ1) is 14.1. The number of likely N-dealkylation sites (tertiary alicyclic amines) is 1. The van der Waals surface area contributed by atoms with Crippen LogP contribution in [-0.2, 0) is 16.1 Å². The lowest BCUT2D eigenvalue weighted by Gasteiger charge is -2.33. The molecular formula is C22H22F2N2O3. The second-order valence-corrected chi connectivity index (χ2v) is 7.33. The number of rotatable bonds is 5. The van der Waals surface area contributed by atoms with E-state index in [2.05, 4.69) is 5.16 Å². The van der Waals surface area contributed by atoms with E-state index in [0.29, 0.717) is 38.8 Å². The Labute approximate surface area is 167 Å². The van der Waals surface area contributed by atoms with E-state index in [0.717, 1.165) is 11.3 Å². The lowest BCUT2D eigenvalue weighted by Crippen LogP contribution is -2.46. The lowest BCUT2D eigenvalue weighted by molar-refractivity contribution is -0.143. The van der Waals surface area contributed by atoms with Crippen molar-refractivity contribution in [3.63, 3.8) is 0 Å². The van der Waals surface area contributed by atoms with Crippen LogP contribution in [0.1, 0.15) is 24.8 Å². The quantitative estimate of drug-likeness (QED) is 0.769. The summed E-state index contributed by atoms with van der Waals surface area (Å²) >= 11 is 0. The van der Waals surface area contributed by atoms with Gasteiger partial charge in [-0.15, -0.1) is 0 Å². The van der Waals surface area contributed by atoms with E-state index in [1.165, 1.54) is 18.2 Å². The maximum atomic E-state index is 13.7. The van der Waals surface area contributed by atoms with E-state index >= 15 is 0 Å². The topological polar surface area (TPSA) is 51.1 Å². The largest absolute Gasteiger partial charge is 0.487 e. The zero-order valence-electron chi connectivity index (χ0n) is 15.9. The van der Waals surface area contributed by atoms with Crippen molar-refractivity contribution >= 4 is 11.6 Å². The highest BCUT2D eigenvalue weighted by molar-refractivity contribution is 5.94. The highest BCUT2D eigenvalue weighted by Crippen LogP contribution is 2.23. The van der Waals surface area contributed by atoms with Gasteiger partial charge in [0.1, 0.15) is 11.9 Å². The van der Waals surface area contributed by atoms with Gasteiger partial charge in [0.05, 0.1) is 5.71 Å². The number of nitrogens with zero attached hydrogens (tertiary/aromatic N) is 2. The minimum atomic E-state index is -0.616. The standard InChI is InChI=1S/C22H22F2N2O3/c23-16-7-5-15(6-8-16)13-17-14-21(29-25-17)22(27)26-11-9-18(10-12-26)28-20-4-2-1-3-19(20)24/h1-8,18,21H,9-14H2/t21-/m1/s1. The number of benzene rings is 2. The van der Waals surface area contributed by atoms with Crippen LogP contribution in [0.15, 0.2) is 53.7 Å². The average Bonchev–Trinajstić information content (AvgIpc) is 3.20. The van der Waals surface area contributed by atoms with E-state index in [9.17, 15) is 13.6 Å². The van der Waals surface area contributed by atoms with Crippen LogP contribution in [0.4, 0.5) is 8.78 Å². The zero-order chi connectivity index (χ0) is 20.2. The molecule has 2 aromatic rings. The van der Waals surface area contributed by atoms with Crippen molar-refractivity contribution in [3.8, 4) is 5.75 Å². The van der Waals surface area contributed by atoms with Crippen molar-refractivity contribution in [1.29, 1.82) is 0 Å². The first-order valence-corrected chi connectivity index (χ1v) is 9.74. The third kappa shape index (κ3) is 4.72. The van der Waals surface area contributed by atoms with Gasteiger partial charge in [-0.25, -0.2) is 8.78 Å². The highest BCUT2D eigenvalue weighted by Gasteiger charge is 2.34. The van der Waals surface area contributed by atoms with Gasteiger partial charge in [-0.05, 0) is 29.8 Å². The molecule has 1 fully saturated rings. The van der Waals surface area contributed by atoms with E-state index in [4.69, 9.17) is 9.57 Å². The zero-order valence-corrected chi connectivity index (χ0v) is 15.9. The number of carbonyl (C=O) groups is 1. The van der Waals surface area contributed by atoms with Gasteiger partial charge in [0.2, 0.25) is 6.10 Å². The van der Waals surface area contributed by atoms with Crippen LogP contribution in [0.5, 0.6) is 5.75 Å². The molecule has 29 heavy (non-hydrogen) atoms. The number of amides is 1. The monoisotopic (exact) mass is 400 g/mol. The van der Waals surface area contributed by atoms with Crippen LogP contribution >= 0.6 is 0 Å². The van der Waals surface area contributed by atoms with Crippen molar-refractivity contribution in [2.45, 2.75) is 37.9 Å². The molecule has 0 saturated carbocycles. The summed E-state index contributed by atoms with van der Waals surface area (Å²) in [7, 11) is 0. The molecule has 0 spiro atoms. The first kappa shape index (κ1) is 19.4. The average molecular weight is 400 g/mol. The van der Waals surface area contributed by atoms with E-state index < -0.39 is 6.10 Å². The summed E-state index contributed by atoms with van der Waals surface area (Å²) in [6.45, 7) is 1.07. The fourth-order valence-electron chi connectivity index (χ4n) is 3.62. The maximum Gasteiger partial charge on any atom is 0.266 e. The van der Waals surface area contributed by atoms with Gasteiger partial charge in [0.15, 0.2) is 11.6 Å². The number of carbonyl (C=O) groups excluding carboxylic acids is 1. The van der Waals surface area contributed by atoms with Crippen molar-refractivity contribution in [1.82, 2.24) is 4.90 Å². The summed E-state index contributed by atoms with van der Waals surface area (Å²) in [5.41, 5.74) is 1.70. The van der Waals surface area contributed by atoms with Gasteiger partial charge in [-0.3, -0.25) is 4.79 Å². The second-order valence-electron chi connectivity index (χ2n) is 7.33. The Kier molecular flexibility index (Phi) is 5.74. The van der Waals surface area contributed by atoms with Gasteiger partial charge < -0.3 is 14.5 Å². The molecule has 0 aliphatic carbocycles. The Balaban J connectivity index is 1.25. The number of hydrogen-bond acceptors (Lipinski definition) is 4. The number of oxime groups is 1. The molecule has 0 bridgehead atoms. The summed E-state index contributed by atoms with van der Waals surface area (Å²) in [4.78, 5) is 19.8. The van der Waals surface area contributed by atoms with Crippen LogP contribution in [0, 0.1) is 11.6 Å². The molecule has 152 valence electrons. The molecule has 0 unspecified atom stereocenters. The van der Waals surface area contributed by atoms with Gasteiger partial charge in [0, 0.05) is 38.8 Å². The van der Waals surface area contributed by atoms with E-state index in [-0.39, 0.29) is 29.4 Å². The highest BCUT2D eigenvalue weighted by atomic mass is 19.1. The van der Waals surface area contributed by atoms with E-state index in [1.807, 2.05) is 0 Å². The lowest BCUT2D eigenvalue weighted by atomic mass is 10.0. The molecule has 1 amide bonds. The molecular weight excluding hydrogens is 378 g/mol. The molecule has 1 saturated heterocycles. The number of halogens is 2. The number of ether oxygens (including phenoxy) is 1. The second kappa shape index (κ2) is 8.59. The van der Waals surface area contributed by atoms with Crippen molar-refractivity contribution in [2.75, 3.05) is 13.1 Å². The van der Waals surface area contributed by atoms with Gasteiger partial charge in [-0.2, -0.15) is 0 Å². The van der Waals surface area contributed by atoms with Crippen LogP contribution in [-0.4, -0.2) is 41.8 Å². The third-order valence-corrected chi connectivity index (χ3v) is 5.21. The smallest absolute Gasteiger partial charge is 0.266 e. The molecule has 5 nitrogen and oxygen atoms in total. The van der Waals surface area contributed by atoms with E-state index in [1.54, 1.807) is 35.2 Å². The van der Waals surface area contributed by atoms with Gasteiger partial charge >= 0.3 is 0 Å². The predicted molar refractivity (Wildman–Crippen MR) is 104 cm³/mol. The Morgan fingerprint density at radius 2 is 1.83 bits per heavy atom. The van der Waals surface area contributed by atoms with Crippen LogP contribution in [0.25, 0.3) is 0 Å². The molecule has 0 aromatic heterocycles. The van der Waals surface area contributed by atoms with Crippen molar-refractivity contribution < 1.29 is 23.1 Å². The number of hydrogen-bond donors (Lipinski definition) is 0. The minimum Gasteiger partial charge on any atom is -0.487 e.